The topological polar surface area (TPSA) is 106 Å². The zero-order chi connectivity index (χ0) is 12.8. The summed E-state index contributed by atoms with van der Waals surface area (Å²) >= 11 is 0. The van der Waals surface area contributed by atoms with E-state index in [9.17, 15) is 0 Å². The van der Waals surface area contributed by atoms with Gasteiger partial charge in [-0.3, -0.25) is 20.8 Å². The molecule has 0 radical (unpaired) electrons. The maximum atomic E-state index is 8.53. The fraction of sp³-hybridized carbons (Fsp3) is 1.00. The molecule has 0 heterocycles. The Hall–Kier alpha value is -0.320. The third-order valence-electron chi connectivity index (χ3n) is 2.36. The van der Waals surface area contributed by atoms with Gasteiger partial charge in [-0.15, -0.1) is 0 Å². The third-order valence-corrected chi connectivity index (χ3v) is 2.36. The number of hydrogen-bond donors (Lipinski definition) is 4. The van der Waals surface area contributed by atoms with Gasteiger partial charge in [0.25, 0.3) is 0 Å². The molecular weight excluding hydrogens is 220 g/mol. The molecule has 1 atom stereocenters. The van der Waals surface area contributed by atoms with Crippen LogP contribution in [0.2, 0.25) is 0 Å². The minimum atomic E-state index is -0.716. The quantitative estimate of drug-likeness (QED) is 0.469. The minimum absolute atomic E-state index is 0.0974. The smallest absolute Gasteiger partial charge is 0.110 e. The molecule has 0 aromatic carbocycles. The highest BCUT2D eigenvalue weighted by Crippen LogP contribution is 2.27. The van der Waals surface area contributed by atoms with Crippen LogP contribution in [0.5, 0.6) is 0 Å². The Labute approximate surface area is 93.9 Å². The molecule has 0 spiro atoms. The van der Waals surface area contributed by atoms with E-state index in [2.05, 4.69) is 9.68 Å². The van der Waals surface area contributed by atoms with Crippen LogP contribution in [0.1, 0.15) is 33.6 Å². The van der Waals surface area contributed by atoms with Crippen LogP contribution in [0.3, 0.4) is 0 Å². The first-order valence-corrected chi connectivity index (χ1v) is 4.92. The Morgan fingerprint density at radius 3 is 2.06 bits per heavy atom. The van der Waals surface area contributed by atoms with Gasteiger partial charge in [-0.25, -0.2) is 9.68 Å². The molecule has 0 aliphatic rings. The average molecular weight is 240 g/mol. The first-order chi connectivity index (χ1) is 7.26. The van der Waals surface area contributed by atoms with Crippen molar-refractivity contribution in [3.63, 3.8) is 0 Å². The van der Waals surface area contributed by atoms with Crippen LogP contribution < -0.4 is 0 Å². The summed E-state index contributed by atoms with van der Waals surface area (Å²) in [5.41, 5.74) is -0.0974. The lowest BCUT2D eigenvalue weighted by Crippen LogP contribution is -2.34. The van der Waals surface area contributed by atoms with Crippen molar-refractivity contribution >= 4 is 0 Å². The van der Waals surface area contributed by atoms with Crippen molar-refractivity contribution in [3.8, 4) is 0 Å². The summed E-state index contributed by atoms with van der Waals surface area (Å²) in [6.07, 6.45) is 0.590. The third kappa shape index (κ3) is 7.91. The summed E-state index contributed by atoms with van der Waals surface area (Å²) in [5.74, 6) is 0. The van der Waals surface area contributed by atoms with E-state index in [-0.39, 0.29) is 12.0 Å². The lowest BCUT2D eigenvalue weighted by atomic mass is 9.84. The maximum Gasteiger partial charge on any atom is 0.110 e. The molecule has 0 fully saturated rings. The van der Waals surface area contributed by atoms with E-state index < -0.39 is 16.9 Å². The van der Waals surface area contributed by atoms with Gasteiger partial charge < -0.3 is 0 Å². The molecule has 8 nitrogen and oxygen atoms in total. The predicted molar refractivity (Wildman–Crippen MR) is 50.3 cm³/mol. The zero-order valence-electron chi connectivity index (χ0n) is 9.70. The van der Waals surface area contributed by atoms with E-state index >= 15 is 0 Å². The van der Waals surface area contributed by atoms with Crippen molar-refractivity contribution < 1.29 is 30.5 Å². The van der Waals surface area contributed by atoms with Crippen LogP contribution in [0.4, 0.5) is 0 Å². The van der Waals surface area contributed by atoms with Crippen LogP contribution in [0.25, 0.3) is 0 Å². The highest BCUT2D eigenvalue weighted by Gasteiger charge is 2.25. The first-order valence-electron chi connectivity index (χ1n) is 4.92. The van der Waals surface area contributed by atoms with Crippen molar-refractivity contribution in [1.82, 2.24) is 10.8 Å². The molecular formula is C8H20N2O6. The molecule has 0 aliphatic carbocycles. The summed E-state index contributed by atoms with van der Waals surface area (Å²) < 4.78 is 0. The van der Waals surface area contributed by atoms with Crippen molar-refractivity contribution in [3.05, 3.63) is 0 Å². The van der Waals surface area contributed by atoms with Gasteiger partial charge in [0.05, 0.1) is 10.8 Å². The normalized spacial score (nSPS) is 14.8. The van der Waals surface area contributed by atoms with Gasteiger partial charge in [-0.05, 0) is 11.8 Å². The van der Waals surface area contributed by atoms with Gasteiger partial charge in [0.15, 0.2) is 0 Å². The second-order valence-corrected chi connectivity index (χ2v) is 4.25. The Morgan fingerprint density at radius 2 is 1.69 bits per heavy atom. The Kier molecular flexibility index (Phi) is 6.95. The van der Waals surface area contributed by atoms with Crippen molar-refractivity contribution in [2.75, 3.05) is 6.61 Å². The predicted octanol–water partition coefficient (Wildman–Crippen LogP) is 1.21. The Balaban J connectivity index is 4.20. The molecule has 0 bridgehead atoms. The largest absolute Gasteiger partial charge is 0.266 e. The van der Waals surface area contributed by atoms with Crippen LogP contribution in [-0.2, 0) is 9.68 Å². The van der Waals surface area contributed by atoms with E-state index in [0.29, 0.717) is 6.42 Å². The van der Waals surface area contributed by atoms with Gasteiger partial charge in [0, 0.05) is 0 Å². The lowest BCUT2D eigenvalue weighted by molar-refractivity contribution is -0.528. The SMILES string of the molecule is CCC(C)(C)CC(CON(O)O)ON(O)O. The van der Waals surface area contributed by atoms with E-state index in [1.807, 2.05) is 20.8 Å². The molecule has 0 saturated carbocycles. The second-order valence-electron chi connectivity index (χ2n) is 4.25. The van der Waals surface area contributed by atoms with Crippen LogP contribution >= 0.6 is 0 Å². The lowest BCUT2D eigenvalue weighted by Gasteiger charge is -2.28. The highest BCUT2D eigenvalue weighted by atomic mass is 17.1. The van der Waals surface area contributed by atoms with Gasteiger partial charge in [-0.2, -0.15) is 0 Å². The number of nitrogens with zero attached hydrogens (tertiary/aromatic N) is 2. The summed E-state index contributed by atoms with van der Waals surface area (Å²) in [7, 11) is 0. The zero-order valence-corrected chi connectivity index (χ0v) is 9.70. The van der Waals surface area contributed by atoms with Crippen molar-refractivity contribution in [1.29, 1.82) is 0 Å². The maximum absolute atomic E-state index is 8.53. The van der Waals surface area contributed by atoms with E-state index in [0.717, 1.165) is 6.42 Å². The first kappa shape index (κ1) is 15.7. The van der Waals surface area contributed by atoms with Gasteiger partial charge >= 0.3 is 0 Å². The molecule has 0 amide bonds. The standard InChI is InChI=1S/C8H20N2O6/c1-4-8(2,3)5-7(16-10(13)14)6-15-9(11)12/h7,11-14H,4-6H2,1-3H3. The van der Waals surface area contributed by atoms with Gasteiger partial charge in [0.1, 0.15) is 12.7 Å². The van der Waals surface area contributed by atoms with Crippen LogP contribution in [0.15, 0.2) is 0 Å². The summed E-state index contributed by atoms with van der Waals surface area (Å²) in [4.78, 5) is 8.97. The molecule has 1 unspecified atom stereocenters. The summed E-state index contributed by atoms with van der Waals surface area (Å²) in [5, 5.41) is 32.9. The van der Waals surface area contributed by atoms with Gasteiger partial charge in [0.2, 0.25) is 0 Å². The summed E-state index contributed by atoms with van der Waals surface area (Å²) in [6, 6.07) is 0. The van der Waals surface area contributed by atoms with Crippen LogP contribution in [0, 0.1) is 5.41 Å². The molecule has 16 heavy (non-hydrogen) atoms. The molecule has 8 heteroatoms. The minimum Gasteiger partial charge on any atom is -0.266 e. The van der Waals surface area contributed by atoms with Crippen molar-refractivity contribution in [2.45, 2.75) is 39.7 Å². The average Bonchev–Trinajstić information content (AvgIpc) is 2.13. The van der Waals surface area contributed by atoms with Crippen molar-refractivity contribution in [2.24, 2.45) is 5.41 Å². The molecule has 0 aromatic heterocycles. The molecule has 0 aromatic rings. The molecule has 98 valence electrons. The van der Waals surface area contributed by atoms with E-state index in [1.54, 1.807) is 0 Å². The van der Waals surface area contributed by atoms with Gasteiger partial charge in [-0.1, -0.05) is 27.2 Å². The fourth-order valence-electron chi connectivity index (χ4n) is 1.17. The molecule has 0 rings (SSSR count). The summed E-state index contributed by atoms with van der Waals surface area (Å²) in [6.45, 7) is 5.70. The van der Waals surface area contributed by atoms with E-state index in [4.69, 9.17) is 20.8 Å². The highest BCUT2D eigenvalue weighted by molar-refractivity contribution is 4.71. The number of rotatable bonds is 8. The second kappa shape index (κ2) is 7.09. The van der Waals surface area contributed by atoms with E-state index in [1.165, 1.54) is 0 Å². The molecule has 0 aliphatic heterocycles. The Morgan fingerprint density at radius 1 is 1.12 bits per heavy atom. The molecule has 4 N–H and O–H groups in total. The number of hydrogen-bond acceptors (Lipinski definition) is 8. The monoisotopic (exact) mass is 240 g/mol. The van der Waals surface area contributed by atoms with Crippen LogP contribution in [-0.4, -0.2) is 44.3 Å². The molecule has 0 saturated heterocycles. The Bertz CT molecular complexity index is 187. The fourth-order valence-corrected chi connectivity index (χ4v) is 1.17.